The minimum atomic E-state index is -2.54. The normalized spacial score (nSPS) is 14.2. The molecule has 0 heterocycles. The summed E-state index contributed by atoms with van der Waals surface area (Å²) in [5.41, 5.74) is 0. The van der Waals surface area contributed by atoms with Crippen molar-refractivity contribution in [3.63, 3.8) is 0 Å². The van der Waals surface area contributed by atoms with E-state index in [1.165, 1.54) is 12.7 Å². The maximum atomic E-state index is 12.1. The lowest BCUT2D eigenvalue weighted by Gasteiger charge is -2.03. The minimum Gasteiger partial charge on any atom is -0.249 e. The Bertz CT molecular complexity index is 935. The first-order chi connectivity index (χ1) is 13.5. The van der Waals surface area contributed by atoms with Gasteiger partial charge in [-0.2, -0.15) is 0 Å². The van der Waals surface area contributed by atoms with Crippen LogP contribution in [0.2, 0.25) is 0 Å². The van der Waals surface area contributed by atoms with Crippen LogP contribution >= 0.6 is 47.8 Å². The number of nitrogens with zero attached hydrogens (tertiary/aromatic N) is 1. The molecule has 29 heavy (non-hydrogen) atoms. The van der Waals surface area contributed by atoms with Crippen LogP contribution in [0.4, 0.5) is 0 Å². The van der Waals surface area contributed by atoms with Gasteiger partial charge in [-0.1, -0.05) is 61.6 Å². The molecule has 0 saturated carbocycles. The van der Waals surface area contributed by atoms with Crippen molar-refractivity contribution in [2.45, 2.75) is 36.5 Å². The van der Waals surface area contributed by atoms with E-state index < -0.39 is 19.5 Å². The lowest BCUT2D eigenvalue weighted by molar-refractivity contribution is 0.677. The molecule has 2 rings (SSSR count). The number of halogens is 3. The Morgan fingerprint density at radius 2 is 1.21 bits per heavy atom. The van der Waals surface area contributed by atoms with Gasteiger partial charge >= 0.3 is 0 Å². The molecule has 0 saturated heterocycles. The van der Waals surface area contributed by atoms with E-state index >= 15 is 0 Å². The van der Waals surface area contributed by atoms with E-state index in [9.17, 15) is 8.42 Å². The maximum absolute atomic E-state index is 12.1. The molecule has 164 valence electrons. The fourth-order valence-corrected chi connectivity index (χ4v) is 4.23. The number of alkyl halides is 1. The number of hydrogen-bond acceptors (Lipinski definition) is 4. The molecule has 2 unspecified atom stereocenters. The van der Waals surface area contributed by atoms with E-state index in [1.807, 2.05) is 31.2 Å². The molecule has 0 aromatic heterocycles. The Morgan fingerprint density at radius 3 is 1.52 bits per heavy atom. The van der Waals surface area contributed by atoms with Gasteiger partial charge in [0.1, 0.15) is 0 Å². The van der Waals surface area contributed by atoms with Crippen LogP contribution in [0.5, 0.6) is 0 Å². The summed E-state index contributed by atoms with van der Waals surface area (Å²) in [6, 6.07) is 14.4. The molecule has 0 radical (unpaired) electrons. The fourth-order valence-electron chi connectivity index (χ4n) is 1.72. The smallest absolute Gasteiger partial charge is 0.0723 e. The molecule has 4 nitrogen and oxygen atoms in total. The molecule has 0 aliphatic carbocycles. The highest BCUT2D eigenvalue weighted by atomic mass is 79.9. The van der Waals surface area contributed by atoms with Gasteiger partial charge in [0, 0.05) is 43.1 Å². The molecule has 1 N–H and O–H groups in total. The van der Waals surface area contributed by atoms with E-state index in [2.05, 4.69) is 59.1 Å². The predicted octanol–water partition coefficient (Wildman–Crippen LogP) is 7.59. The minimum absolute atomic E-state index is 0.570. The van der Waals surface area contributed by atoms with Crippen LogP contribution in [-0.2, 0) is 19.5 Å². The third kappa shape index (κ3) is 12.9. The lowest BCUT2D eigenvalue weighted by atomic mass is 10.4. The molecule has 0 aliphatic heterocycles. The van der Waals surface area contributed by atoms with Crippen LogP contribution in [-0.4, -0.2) is 32.8 Å². The zero-order valence-corrected chi connectivity index (χ0v) is 23.6. The van der Waals surface area contributed by atoms with Crippen molar-refractivity contribution in [2.24, 2.45) is 4.36 Å². The Hall–Kier alpha value is -0.220. The van der Waals surface area contributed by atoms with Gasteiger partial charge in [0.15, 0.2) is 0 Å². The molecule has 2 aromatic rings. The second-order valence-corrected chi connectivity index (χ2v) is 13.2. The average Bonchev–Trinajstić information content (AvgIpc) is 2.67. The topological polar surface area (TPSA) is 70.3 Å². The van der Waals surface area contributed by atoms with Crippen LogP contribution in [0.3, 0.4) is 0 Å². The Morgan fingerprint density at radius 1 is 0.828 bits per heavy atom. The monoisotopic (exact) mass is 630 g/mol. The molecule has 0 spiro atoms. The first-order valence-corrected chi connectivity index (χ1v) is 15.6. The standard InChI is InChI=1S/C10H14BrNOS.C7H8BrNOS.C3H7Br/c1-3-8-12-14(2,13)10-6-4-9(11)5-7-10;1-11(9,10)7-4-2-6(8)3-5-7;1-2-3-4/h4-7H,3,8H2,1-2H3;2-5,9H,1H3;2-3H2,1H3. The van der Waals surface area contributed by atoms with Crippen molar-refractivity contribution in [2.75, 3.05) is 24.4 Å². The van der Waals surface area contributed by atoms with Gasteiger partial charge < -0.3 is 0 Å². The van der Waals surface area contributed by atoms with E-state index in [1.54, 1.807) is 30.5 Å². The van der Waals surface area contributed by atoms with Crippen molar-refractivity contribution < 1.29 is 8.42 Å². The van der Waals surface area contributed by atoms with Crippen molar-refractivity contribution in [3.05, 3.63) is 57.5 Å². The van der Waals surface area contributed by atoms with Crippen molar-refractivity contribution >= 4 is 67.2 Å². The highest BCUT2D eigenvalue weighted by Crippen LogP contribution is 2.16. The van der Waals surface area contributed by atoms with Gasteiger partial charge in [-0.15, -0.1) is 0 Å². The summed E-state index contributed by atoms with van der Waals surface area (Å²) in [7, 11) is -4.73. The zero-order valence-electron chi connectivity index (χ0n) is 17.2. The Kier molecular flexibility index (Phi) is 14.6. The molecule has 0 amide bonds. The molecule has 0 aliphatic rings. The lowest BCUT2D eigenvalue weighted by Crippen LogP contribution is -1.98. The summed E-state index contributed by atoms with van der Waals surface area (Å²) in [5, 5.41) is 1.13. The highest BCUT2D eigenvalue weighted by molar-refractivity contribution is 9.10. The van der Waals surface area contributed by atoms with E-state index in [0.29, 0.717) is 11.4 Å². The predicted molar refractivity (Wildman–Crippen MR) is 137 cm³/mol. The summed E-state index contributed by atoms with van der Waals surface area (Å²) in [5.74, 6) is 0. The summed E-state index contributed by atoms with van der Waals surface area (Å²) < 4.78 is 36.6. The fraction of sp³-hybridized carbons (Fsp3) is 0.400. The second-order valence-electron chi connectivity index (χ2n) is 6.10. The molecule has 2 atom stereocenters. The Labute approximate surface area is 201 Å². The first-order valence-electron chi connectivity index (χ1n) is 8.96. The van der Waals surface area contributed by atoms with E-state index in [-0.39, 0.29) is 0 Å². The van der Waals surface area contributed by atoms with Crippen molar-refractivity contribution in [3.8, 4) is 0 Å². The first kappa shape index (κ1) is 28.8. The summed E-state index contributed by atoms with van der Waals surface area (Å²) in [6.07, 6.45) is 5.27. The maximum Gasteiger partial charge on any atom is 0.0723 e. The third-order valence-electron chi connectivity index (χ3n) is 3.26. The number of nitrogens with one attached hydrogen (secondary N) is 1. The van der Waals surface area contributed by atoms with Crippen molar-refractivity contribution in [1.82, 2.24) is 0 Å². The van der Waals surface area contributed by atoms with Gasteiger partial charge in [0.2, 0.25) is 0 Å². The van der Waals surface area contributed by atoms with Gasteiger partial charge in [-0.3, -0.25) is 0 Å². The van der Waals surface area contributed by atoms with Crippen LogP contribution in [0.15, 0.2) is 71.6 Å². The SMILES string of the molecule is CCCBr.CCCN=S(C)(=O)c1ccc(Br)cc1.CS(=N)(=O)c1ccc(Br)cc1. The zero-order chi connectivity index (χ0) is 22.5. The summed E-state index contributed by atoms with van der Waals surface area (Å²) in [4.78, 5) is 1.37. The number of hydrogen-bond donors (Lipinski definition) is 1. The van der Waals surface area contributed by atoms with Crippen LogP contribution in [0.25, 0.3) is 0 Å². The molecule has 0 bridgehead atoms. The molecular formula is C20H29Br3N2O2S2. The number of rotatable bonds is 5. The highest BCUT2D eigenvalue weighted by Gasteiger charge is 2.04. The largest absolute Gasteiger partial charge is 0.249 e. The van der Waals surface area contributed by atoms with Gasteiger partial charge in [0.25, 0.3) is 0 Å². The molecular weight excluding hydrogens is 604 g/mol. The average molecular weight is 633 g/mol. The quantitative estimate of drug-likeness (QED) is 0.345. The van der Waals surface area contributed by atoms with Crippen LogP contribution < -0.4 is 0 Å². The molecule has 0 fully saturated rings. The van der Waals surface area contributed by atoms with E-state index in [0.717, 1.165) is 25.6 Å². The van der Waals surface area contributed by atoms with Crippen LogP contribution in [0.1, 0.15) is 26.7 Å². The third-order valence-corrected chi connectivity index (χ3v) is 8.11. The van der Waals surface area contributed by atoms with Crippen molar-refractivity contribution in [1.29, 1.82) is 4.78 Å². The van der Waals surface area contributed by atoms with Gasteiger partial charge in [0.05, 0.1) is 19.5 Å². The molecule has 9 heteroatoms. The summed E-state index contributed by atoms with van der Waals surface area (Å²) in [6.45, 7) is 4.82. The summed E-state index contributed by atoms with van der Waals surface area (Å²) >= 11 is 9.85. The Balaban J connectivity index is 0.000000466. The van der Waals surface area contributed by atoms with Gasteiger partial charge in [-0.25, -0.2) is 17.6 Å². The molecule has 2 aromatic carbocycles. The van der Waals surface area contributed by atoms with E-state index in [4.69, 9.17) is 4.78 Å². The van der Waals surface area contributed by atoms with Crippen LogP contribution in [0, 0.1) is 4.78 Å². The number of benzene rings is 2. The second kappa shape index (κ2) is 14.7. The van der Waals surface area contributed by atoms with Gasteiger partial charge in [-0.05, 0) is 61.4 Å².